The lowest BCUT2D eigenvalue weighted by Crippen LogP contribution is -2.57. The quantitative estimate of drug-likeness (QED) is 0.0495. The second kappa shape index (κ2) is 16.7. The number of rotatable bonds is 18. The molecule has 210 valence electrons. The Hall–Kier alpha value is -3.95. The van der Waals surface area contributed by atoms with E-state index in [4.69, 9.17) is 27.4 Å². The van der Waals surface area contributed by atoms with Gasteiger partial charge in [-0.2, -0.15) is 0 Å². The molecule has 0 spiro atoms. The van der Waals surface area contributed by atoms with Gasteiger partial charge in [0.1, 0.15) is 18.1 Å². The summed E-state index contributed by atoms with van der Waals surface area (Å²) in [5.74, 6) is -7.16. The average Bonchev–Trinajstić information content (AvgIpc) is 2.76. The number of nitrogens with two attached hydrogens (primary N) is 3. The third kappa shape index (κ3) is 14.9. The zero-order chi connectivity index (χ0) is 28.7. The van der Waals surface area contributed by atoms with Crippen LogP contribution in [-0.4, -0.2) is 87.6 Å². The van der Waals surface area contributed by atoms with Crippen LogP contribution in [0.2, 0.25) is 0 Å². The first-order valence-corrected chi connectivity index (χ1v) is 11.5. The van der Waals surface area contributed by atoms with Crippen molar-refractivity contribution in [3.05, 3.63) is 0 Å². The molecule has 0 aliphatic heterocycles. The lowest BCUT2D eigenvalue weighted by Gasteiger charge is -2.24. The average molecular weight is 532 g/mol. The summed E-state index contributed by atoms with van der Waals surface area (Å²) < 4.78 is 0. The van der Waals surface area contributed by atoms with E-state index >= 15 is 0 Å². The van der Waals surface area contributed by atoms with E-state index in [9.17, 15) is 33.9 Å². The minimum Gasteiger partial charge on any atom is -0.481 e. The normalized spacial score (nSPS) is 13.9. The summed E-state index contributed by atoms with van der Waals surface area (Å²) in [6, 6.07) is -5.60. The van der Waals surface area contributed by atoms with Gasteiger partial charge in [-0.15, -0.1) is 0 Å². The molecular formula is C21H37N7O9. The maximum Gasteiger partial charge on any atom is 0.326 e. The van der Waals surface area contributed by atoms with E-state index in [0.29, 0.717) is 0 Å². The molecule has 4 unspecified atom stereocenters. The van der Waals surface area contributed by atoms with Crippen molar-refractivity contribution < 1.29 is 44.1 Å². The Labute approximate surface area is 213 Å². The zero-order valence-electron chi connectivity index (χ0n) is 20.8. The molecule has 37 heavy (non-hydrogen) atoms. The molecule has 16 nitrogen and oxygen atoms in total. The lowest BCUT2D eigenvalue weighted by atomic mass is 10.0. The number of nitrogens with zero attached hydrogens (tertiary/aromatic N) is 1. The second-order valence-electron chi connectivity index (χ2n) is 8.74. The van der Waals surface area contributed by atoms with Crippen LogP contribution in [0, 0.1) is 5.92 Å². The van der Waals surface area contributed by atoms with Gasteiger partial charge in [0, 0.05) is 13.0 Å². The maximum absolute atomic E-state index is 12.8. The van der Waals surface area contributed by atoms with Crippen molar-refractivity contribution in [1.82, 2.24) is 16.0 Å². The molecule has 0 aromatic heterocycles. The van der Waals surface area contributed by atoms with E-state index in [1.165, 1.54) is 0 Å². The van der Waals surface area contributed by atoms with Gasteiger partial charge in [0.05, 0.1) is 12.5 Å². The fourth-order valence-corrected chi connectivity index (χ4v) is 3.12. The fraction of sp³-hybridized carbons (Fsp3) is 0.667. The van der Waals surface area contributed by atoms with E-state index in [-0.39, 0.29) is 37.7 Å². The Balaban J connectivity index is 5.57. The molecule has 0 rings (SSSR count). The molecule has 0 fully saturated rings. The van der Waals surface area contributed by atoms with Gasteiger partial charge in [0.25, 0.3) is 0 Å². The molecule has 0 aliphatic rings. The minimum absolute atomic E-state index is 0.0400. The molecular weight excluding hydrogens is 494 g/mol. The Kier molecular flexibility index (Phi) is 14.9. The van der Waals surface area contributed by atoms with Crippen LogP contribution in [0.15, 0.2) is 4.99 Å². The van der Waals surface area contributed by atoms with E-state index in [2.05, 4.69) is 20.9 Å². The molecule has 16 heteroatoms. The van der Waals surface area contributed by atoms with Crippen molar-refractivity contribution in [2.75, 3.05) is 6.54 Å². The summed E-state index contributed by atoms with van der Waals surface area (Å²) in [5.41, 5.74) is 16.2. The summed E-state index contributed by atoms with van der Waals surface area (Å²) in [6.07, 6.45) is -1.49. The van der Waals surface area contributed by atoms with Gasteiger partial charge in [-0.3, -0.25) is 29.0 Å². The summed E-state index contributed by atoms with van der Waals surface area (Å²) in [5, 5.41) is 34.2. The molecule has 4 atom stereocenters. The smallest absolute Gasteiger partial charge is 0.326 e. The topological polar surface area (TPSA) is 290 Å². The third-order valence-corrected chi connectivity index (χ3v) is 4.91. The Bertz CT molecular complexity index is 859. The van der Waals surface area contributed by atoms with Crippen molar-refractivity contribution >= 4 is 41.6 Å². The molecule has 0 saturated heterocycles. The predicted molar refractivity (Wildman–Crippen MR) is 130 cm³/mol. The van der Waals surface area contributed by atoms with Crippen LogP contribution < -0.4 is 33.2 Å². The molecule has 12 N–H and O–H groups in total. The first-order valence-electron chi connectivity index (χ1n) is 11.5. The van der Waals surface area contributed by atoms with E-state index in [1.807, 2.05) is 13.8 Å². The van der Waals surface area contributed by atoms with Gasteiger partial charge in [0.2, 0.25) is 17.7 Å². The summed E-state index contributed by atoms with van der Waals surface area (Å²) in [7, 11) is 0. The number of aliphatic imine (C=N–C) groups is 1. The highest BCUT2D eigenvalue weighted by atomic mass is 16.4. The number of carboxylic acids is 3. The van der Waals surface area contributed by atoms with Gasteiger partial charge in [-0.05, 0) is 31.6 Å². The first-order chi connectivity index (χ1) is 17.1. The number of carbonyl (C=O) groups is 6. The van der Waals surface area contributed by atoms with E-state index < -0.39 is 79.1 Å². The number of carboxylic acid groups (broad SMARTS) is 3. The lowest BCUT2D eigenvalue weighted by molar-refractivity contribution is -0.143. The van der Waals surface area contributed by atoms with Crippen LogP contribution in [0.3, 0.4) is 0 Å². The number of carbonyl (C=O) groups excluding carboxylic acids is 3. The van der Waals surface area contributed by atoms with Gasteiger partial charge in [-0.25, -0.2) is 4.79 Å². The maximum atomic E-state index is 12.8. The Morgan fingerprint density at radius 2 is 1.32 bits per heavy atom. The largest absolute Gasteiger partial charge is 0.481 e. The summed E-state index contributed by atoms with van der Waals surface area (Å²) in [6.45, 7) is 3.72. The van der Waals surface area contributed by atoms with Crippen LogP contribution in [-0.2, 0) is 28.8 Å². The molecule has 3 amide bonds. The van der Waals surface area contributed by atoms with Gasteiger partial charge in [0.15, 0.2) is 5.96 Å². The number of nitrogens with one attached hydrogen (secondary N) is 3. The standard InChI is InChI=1S/C21H37N7O9/c1-10(2)8-11(22)17(33)28-14(9-16(31)32)19(35)26-12(5-6-15(29)30)18(34)27-13(20(36)37)4-3-7-25-21(23)24/h10-14H,3-9,22H2,1-2H3,(H,26,35)(H,27,34)(H,28,33)(H,29,30)(H,31,32)(H,36,37)(H4,23,24,25). The molecule has 0 bridgehead atoms. The number of guanidine groups is 1. The highest BCUT2D eigenvalue weighted by molar-refractivity contribution is 5.95. The molecule has 0 saturated carbocycles. The molecule has 0 radical (unpaired) electrons. The van der Waals surface area contributed by atoms with E-state index in [0.717, 1.165) is 0 Å². The summed E-state index contributed by atoms with van der Waals surface area (Å²) in [4.78, 5) is 75.5. The number of amides is 3. The van der Waals surface area contributed by atoms with Crippen LogP contribution >= 0.6 is 0 Å². The summed E-state index contributed by atoms with van der Waals surface area (Å²) >= 11 is 0. The van der Waals surface area contributed by atoms with Crippen molar-refractivity contribution in [3.8, 4) is 0 Å². The number of hydrogen-bond acceptors (Lipinski definition) is 8. The monoisotopic (exact) mass is 531 g/mol. The molecule has 0 heterocycles. The van der Waals surface area contributed by atoms with Gasteiger partial charge >= 0.3 is 17.9 Å². The third-order valence-electron chi connectivity index (χ3n) is 4.91. The highest BCUT2D eigenvalue weighted by Gasteiger charge is 2.31. The highest BCUT2D eigenvalue weighted by Crippen LogP contribution is 2.06. The molecule has 0 aliphatic carbocycles. The van der Waals surface area contributed by atoms with Gasteiger partial charge < -0.3 is 48.5 Å². The van der Waals surface area contributed by atoms with E-state index in [1.54, 1.807) is 0 Å². The van der Waals surface area contributed by atoms with Crippen molar-refractivity contribution in [3.63, 3.8) is 0 Å². The van der Waals surface area contributed by atoms with Crippen LogP contribution in [0.25, 0.3) is 0 Å². The Morgan fingerprint density at radius 3 is 1.81 bits per heavy atom. The van der Waals surface area contributed by atoms with Crippen LogP contribution in [0.4, 0.5) is 0 Å². The Morgan fingerprint density at radius 1 is 0.784 bits per heavy atom. The van der Waals surface area contributed by atoms with Crippen molar-refractivity contribution in [1.29, 1.82) is 0 Å². The predicted octanol–water partition coefficient (Wildman–Crippen LogP) is -2.71. The zero-order valence-corrected chi connectivity index (χ0v) is 20.8. The second-order valence-corrected chi connectivity index (χ2v) is 8.74. The fourth-order valence-electron chi connectivity index (χ4n) is 3.12. The van der Waals surface area contributed by atoms with Gasteiger partial charge in [-0.1, -0.05) is 13.8 Å². The molecule has 0 aromatic rings. The molecule has 0 aromatic carbocycles. The van der Waals surface area contributed by atoms with Crippen LogP contribution in [0.5, 0.6) is 0 Å². The van der Waals surface area contributed by atoms with Crippen molar-refractivity contribution in [2.24, 2.45) is 28.1 Å². The first kappa shape index (κ1) is 33.0. The van der Waals surface area contributed by atoms with Crippen molar-refractivity contribution in [2.45, 2.75) is 76.5 Å². The SMILES string of the molecule is CC(C)CC(N)C(=O)NC(CC(=O)O)C(=O)NC(CCC(=O)O)C(=O)NC(CCCN=C(N)N)C(=O)O. The number of aliphatic carboxylic acids is 3. The number of hydrogen-bond donors (Lipinski definition) is 9. The van der Waals surface area contributed by atoms with Crippen LogP contribution in [0.1, 0.15) is 52.4 Å². The minimum atomic E-state index is -1.63.